The van der Waals surface area contributed by atoms with Crippen LogP contribution in [0.25, 0.3) is 0 Å². The molecule has 0 amide bonds. The van der Waals surface area contributed by atoms with Gasteiger partial charge in [-0.1, -0.05) is 11.6 Å². The van der Waals surface area contributed by atoms with Gasteiger partial charge in [-0.3, -0.25) is 9.52 Å². The van der Waals surface area contributed by atoms with Crippen LogP contribution in [0.15, 0.2) is 46.3 Å². The Hall–Kier alpha value is -1.99. The first-order valence-corrected chi connectivity index (χ1v) is 7.84. The van der Waals surface area contributed by atoms with Gasteiger partial charge in [0.25, 0.3) is 10.0 Å². The standard InChI is InChI=1S/C13H14ClN3O3S/c1-17(2)11-4-3-9(14)7-10(11)16-21(19,20)13-8-15-6-5-12(13)18/h3-8,16H,1-2H3,(H,15,18). The zero-order valence-corrected chi connectivity index (χ0v) is 13.0. The Labute approximate surface area is 127 Å². The van der Waals surface area contributed by atoms with Gasteiger partial charge >= 0.3 is 0 Å². The van der Waals surface area contributed by atoms with Crippen molar-refractivity contribution in [2.45, 2.75) is 4.90 Å². The normalized spacial score (nSPS) is 11.2. The van der Waals surface area contributed by atoms with Crippen LogP contribution in [-0.4, -0.2) is 27.5 Å². The molecule has 0 radical (unpaired) electrons. The van der Waals surface area contributed by atoms with Crippen molar-refractivity contribution in [1.29, 1.82) is 0 Å². The number of pyridine rings is 1. The molecule has 0 aliphatic rings. The number of hydrogen-bond donors (Lipinski definition) is 2. The van der Waals surface area contributed by atoms with E-state index in [2.05, 4.69) is 9.71 Å². The molecule has 6 nitrogen and oxygen atoms in total. The Balaban J connectivity index is 2.49. The minimum absolute atomic E-state index is 0.302. The van der Waals surface area contributed by atoms with Crippen LogP contribution in [0.4, 0.5) is 11.4 Å². The number of rotatable bonds is 4. The maximum atomic E-state index is 12.3. The topological polar surface area (TPSA) is 82.3 Å². The molecular weight excluding hydrogens is 314 g/mol. The molecule has 0 unspecified atom stereocenters. The lowest BCUT2D eigenvalue weighted by atomic mass is 10.2. The van der Waals surface area contributed by atoms with Gasteiger partial charge in [0.1, 0.15) is 0 Å². The highest BCUT2D eigenvalue weighted by Gasteiger charge is 2.19. The van der Waals surface area contributed by atoms with Gasteiger partial charge in [0, 0.05) is 37.6 Å². The second-order valence-electron chi connectivity index (χ2n) is 4.53. The molecule has 2 rings (SSSR count). The summed E-state index contributed by atoms with van der Waals surface area (Å²) in [4.78, 5) is 15.6. The molecule has 1 aromatic carbocycles. The minimum atomic E-state index is -4.00. The molecule has 0 spiro atoms. The molecule has 1 aromatic heterocycles. The molecule has 8 heteroatoms. The molecule has 0 bridgehead atoms. The van der Waals surface area contributed by atoms with Crippen molar-refractivity contribution in [2.75, 3.05) is 23.7 Å². The highest BCUT2D eigenvalue weighted by atomic mass is 35.5. The highest BCUT2D eigenvalue weighted by Crippen LogP contribution is 2.29. The number of nitrogens with zero attached hydrogens (tertiary/aromatic N) is 1. The lowest BCUT2D eigenvalue weighted by Crippen LogP contribution is -2.22. The number of hydrogen-bond acceptors (Lipinski definition) is 4. The van der Waals surface area contributed by atoms with Crippen LogP contribution in [0.3, 0.4) is 0 Å². The van der Waals surface area contributed by atoms with Gasteiger partial charge in [0.15, 0.2) is 4.90 Å². The summed E-state index contributed by atoms with van der Waals surface area (Å²) < 4.78 is 27.0. The van der Waals surface area contributed by atoms with Crippen molar-refractivity contribution >= 4 is 33.0 Å². The largest absolute Gasteiger partial charge is 0.376 e. The Kier molecular flexibility index (Phi) is 4.24. The summed E-state index contributed by atoms with van der Waals surface area (Å²) in [6, 6.07) is 5.99. The lowest BCUT2D eigenvalue weighted by Gasteiger charge is -2.18. The number of halogens is 1. The maximum absolute atomic E-state index is 12.3. The van der Waals surface area contributed by atoms with E-state index in [0.29, 0.717) is 16.4 Å². The molecule has 0 aliphatic carbocycles. The highest BCUT2D eigenvalue weighted by molar-refractivity contribution is 7.92. The fraction of sp³-hybridized carbons (Fsp3) is 0.154. The first-order chi connectivity index (χ1) is 9.81. The number of sulfonamides is 1. The van der Waals surface area contributed by atoms with E-state index in [1.54, 1.807) is 31.1 Å². The Morgan fingerprint density at radius 1 is 1.24 bits per heavy atom. The smallest absolute Gasteiger partial charge is 0.267 e. The average Bonchev–Trinajstić information content (AvgIpc) is 2.38. The summed E-state index contributed by atoms with van der Waals surface area (Å²) in [5, 5.41) is 0.389. The molecule has 21 heavy (non-hydrogen) atoms. The second kappa shape index (κ2) is 5.79. The van der Waals surface area contributed by atoms with Crippen molar-refractivity contribution in [3.8, 4) is 0 Å². The Bertz CT molecular complexity index is 815. The number of anilines is 2. The zero-order chi connectivity index (χ0) is 15.6. The SMILES string of the molecule is CN(C)c1ccc(Cl)cc1NS(=O)(=O)c1c[nH]ccc1=O. The van der Waals surface area contributed by atoms with Crippen LogP contribution in [0.1, 0.15) is 0 Å². The summed E-state index contributed by atoms with van der Waals surface area (Å²) in [6.45, 7) is 0. The number of H-pyrrole nitrogens is 1. The van der Waals surface area contributed by atoms with Gasteiger partial charge in [0.2, 0.25) is 5.43 Å². The maximum Gasteiger partial charge on any atom is 0.267 e. The van der Waals surface area contributed by atoms with Gasteiger partial charge in [-0.2, -0.15) is 0 Å². The fourth-order valence-electron chi connectivity index (χ4n) is 1.79. The number of nitrogens with one attached hydrogen (secondary N) is 2. The molecule has 0 aliphatic heterocycles. The molecule has 112 valence electrons. The lowest BCUT2D eigenvalue weighted by molar-refractivity contribution is 0.600. The van der Waals surface area contributed by atoms with Gasteiger partial charge in [-0.15, -0.1) is 0 Å². The van der Waals surface area contributed by atoms with Gasteiger partial charge in [-0.25, -0.2) is 8.42 Å². The second-order valence-corrected chi connectivity index (χ2v) is 6.62. The molecule has 0 saturated heterocycles. The van der Waals surface area contributed by atoms with Gasteiger partial charge in [0.05, 0.1) is 11.4 Å². The molecule has 0 atom stereocenters. The minimum Gasteiger partial charge on any atom is -0.376 e. The molecule has 2 N–H and O–H groups in total. The van der Waals surface area contributed by atoms with Gasteiger partial charge in [-0.05, 0) is 18.2 Å². The van der Waals surface area contributed by atoms with Crippen LogP contribution in [0.5, 0.6) is 0 Å². The number of benzene rings is 1. The van der Waals surface area contributed by atoms with E-state index in [4.69, 9.17) is 11.6 Å². The third-order valence-corrected chi connectivity index (χ3v) is 4.38. The molecular formula is C13H14ClN3O3S. The van der Waals surface area contributed by atoms with Crippen LogP contribution < -0.4 is 15.1 Å². The quantitative estimate of drug-likeness (QED) is 0.898. The van der Waals surface area contributed by atoms with Crippen molar-refractivity contribution in [3.63, 3.8) is 0 Å². The first kappa shape index (κ1) is 15.4. The van der Waals surface area contributed by atoms with E-state index in [1.807, 2.05) is 0 Å². The van der Waals surface area contributed by atoms with Crippen molar-refractivity contribution < 1.29 is 8.42 Å². The summed E-state index contributed by atoms with van der Waals surface area (Å²) in [6.07, 6.45) is 2.51. The predicted octanol–water partition coefficient (Wildman–Crippen LogP) is 1.90. The van der Waals surface area contributed by atoms with Crippen LogP contribution in [0, 0.1) is 0 Å². The van der Waals surface area contributed by atoms with Crippen LogP contribution in [0.2, 0.25) is 5.02 Å². The predicted molar refractivity (Wildman–Crippen MR) is 83.7 cm³/mol. The average molecular weight is 328 g/mol. The van der Waals surface area contributed by atoms with Crippen LogP contribution in [-0.2, 0) is 10.0 Å². The summed E-state index contributed by atoms with van der Waals surface area (Å²) in [5.41, 5.74) is 0.348. The monoisotopic (exact) mass is 327 g/mol. The molecule has 0 fully saturated rings. The van der Waals surface area contributed by atoms with E-state index in [-0.39, 0.29) is 4.90 Å². The molecule has 1 heterocycles. The van der Waals surface area contributed by atoms with E-state index in [0.717, 1.165) is 12.3 Å². The van der Waals surface area contributed by atoms with E-state index >= 15 is 0 Å². The summed E-state index contributed by atoms with van der Waals surface area (Å²) in [7, 11) is -0.448. The number of aromatic nitrogens is 1. The van der Waals surface area contributed by atoms with Gasteiger partial charge < -0.3 is 9.88 Å². The molecule has 0 saturated carbocycles. The first-order valence-electron chi connectivity index (χ1n) is 5.98. The van der Waals surface area contributed by atoms with Crippen molar-refractivity contribution in [2.24, 2.45) is 0 Å². The third kappa shape index (κ3) is 3.37. The van der Waals surface area contributed by atoms with E-state index in [1.165, 1.54) is 12.3 Å². The van der Waals surface area contributed by atoms with E-state index in [9.17, 15) is 13.2 Å². The molecule has 2 aromatic rings. The van der Waals surface area contributed by atoms with Crippen LogP contribution >= 0.6 is 11.6 Å². The zero-order valence-electron chi connectivity index (χ0n) is 11.4. The van der Waals surface area contributed by atoms with Crippen molar-refractivity contribution in [1.82, 2.24) is 4.98 Å². The fourth-order valence-corrected chi connectivity index (χ4v) is 3.08. The summed E-state index contributed by atoms with van der Waals surface area (Å²) >= 11 is 5.91. The summed E-state index contributed by atoms with van der Waals surface area (Å²) in [5.74, 6) is 0. The number of aromatic amines is 1. The Morgan fingerprint density at radius 2 is 1.95 bits per heavy atom. The Morgan fingerprint density at radius 3 is 2.57 bits per heavy atom. The van der Waals surface area contributed by atoms with E-state index < -0.39 is 15.5 Å². The van der Waals surface area contributed by atoms with Crippen molar-refractivity contribution in [3.05, 3.63) is 51.9 Å². The third-order valence-electron chi connectivity index (χ3n) is 2.76.